The average molecular weight is 266 g/mol. The lowest BCUT2D eigenvalue weighted by Gasteiger charge is -2.16. The first-order valence-electron chi connectivity index (χ1n) is 5.94. The van der Waals surface area contributed by atoms with E-state index < -0.39 is 18.4 Å². The molecule has 0 radical (unpaired) electrons. The van der Waals surface area contributed by atoms with Crippen LogP contribution in [0.5, 0.6) is 0 Å². The Morgan fingerprint density at radius 3 is 2.95 bits per heavy atom. The molecule has 1 aliphatic heterocycles. The maximum atomic E-state index is 11.9. The summed E-state index contributed by atoms with van der Waals surface area (Å²) in [5.74, 6) is 0. The summed E-state index contributed by atoms with van der Waals surface area (Å²) in [4.78, 5) is 20.0. The molecule has 1 fully saturated rings. The molecular formula is C11H14N4O4. The Morgan fingerprint density at radius 2 is 2.26 bits per heavy atom. The number of hydrogen-bond donors (Lipinski definition) is 2. The summed E-state index contributed by atoms with van der Waals surface area (Å²) >= 11 is 0. The van der Waals surface area contributed by atoms with E-state index in [1.54, 1.807) is 7.05 Å². The van der Waals surface area contributed by atoms with E-state index in [9.17, 15) is 9.90 Å². The molecule has 0 spiro atoms. The Balaban J connectivity index is 2.07. The monoisotopic (exact) mass is 266 g/mol. The average Bonchev–Trinajstić information content (AvgIpc) is 2.97. The van der Waals surface area contributed by atoms with E-state index in [1.165, 1.54) is 21.8 Å². The molecule has 0 aliphatic carbocycles. The van der Waals surface area contributed by atoms with Crippen molar-refractivity contribution in [2.75, 3.05) is 6.61 Å². The van der Waals surface area contributed by atoms with Gasteiger partial charge in [-0.3, -0.25) is 9.36 Å². The molecule has 1 aliphatic rings. The van der Waals surface area contributed by atoms with E-state index in [1.807, 2.05) is 0 Å². The Labute approximate surface area is 107 Å². The first-order valence-corrected chi connectivity index (χ1v) is 5.94. The molecule has 0 unspecified atom stereocenters. The SMILES string of the molecule is Cn1cnc2c(ncn2[C@@H]2O[C@H](CO)C[C@@H]2O)c1=O. The van der Waals surface area contributed by atoms with Crippen LogP contribution in [-0.4, -0.2) is 48.1 Å². The van der Waals surface area contributed by atoms with E-state index in [4.69, 9.17) is 9.84 Å². The molecular weight excluding hydrogens is 252 g/mol. The van der Waals surface area contributed by atoms with Crippen LogP contribution < -0.4 is 5.56 Å². The van der Waals surface area contributed by atoms with Crippen molar-refractivity contribution < 1.29 is 14.9 Å². The molecule has 2 aromatic heterocycles. The van der Waals surface area contributed by atoms with Crippen LogP contribution in [0, 0.1) is 0 Å². The van der Waals surface area contributed by atoms with Gasteiger partial charge in [-0.25, -0.2) is 9.97 Å². The number of fused-ring (bicyclic) bond motifs is 1. The molecule has 0 saturated carbocycles. The first kappa shape index (κ1) is 12.3. The van der Waals surface area contributed by atoms with Crippen LogP contribution in [0.25, 0.3) is 11.2 Å². The lowest BCUT2D eigenvalue weighted by Crippen LogP contribution is -2.21. The summed E-state index contributed by atoms with van der Waals surface area (Å²) in [6.45, 7) is -0.157. The predicted molar refractivity (Wildman–Crippen MR) is 64.4 cm³/mol. The fourth-order valence-corrected chi connectivity index (χ4v) is 2.28. The standard InChI is InChI=1S/C11H14N4O4/c1-14-4-13-9-8(10(14)18)12-5-15(9)11-7(17)2-6(3-16)19-11/h4-7,11,16-17H,2-3H2,1H3/t6-,7-,11+/m0/s1. The van der Waals surface area contributed by atoms with Crippen LogP contribution in [0.2, 0.25) is 0 Å². The lowest BCUT2D eigenvalue weighted by molar-refractivity contribution is -0.0487. The number of imidazole rings is 1. The Hall–Kier alpha value is -1.77. The van der Waals surface area contributed by atoms with Crippen LogP contribution in [0.3, 0.4) is 0 Å². The zero-order chi connectivity index (χ0) is 13.6. The third kappa shape index (κ3) is 1.84. The van der Waals surface area contributed by atoms with Crippen molar-refractivity contribution in [3.8, 4) is 0 Å². The highest BCUT2D eigenvalue weighted by Gasteiger charge is 2.35. The van der Waals surface area contributed by atoms with Crippen LogP contribution in [0.1, 0.15) is 12.6 Å². The van der Waals surface area contributed by atoms with Gasteiger partial charge in [-0.15, -0.1) is 0 Å². The van der Waals surface area contributed by atoms with E-state index >= 15 is 0 Å². The number of aryl methyl sites for hydroxylation is 1. The lowest BCUT2D eigenvalue weighted by atomic mass is 10.2. The smallest absolute Gasteiger partial charge is 0.281 e. The highest BCUT2D eigenvalue weighted by atomic mass is 16.5. The van der Waals surface area contributed by atoms with Gasteiger partial charge < -0.3 is 19.5 Å². The van der Waals surface area contributed by atoms with Gasteiger partial charge in [0.25, 0.3) is 5.56 Å². The molecule has 0 bridgehead atoms. The van der Waals surface area contributed by atoms with Gasteiger partial charge in [0.2, 0.25) is 0 Å². The molecule has 2 N–H and O–H groups in total. The summed E-state index contributed by atoms with van der Waals surface area (Å²) in [5.41, 5.74) is 0.342. The highest BCUT2D eigenvalue weighted by Crippen LogP contribution is 2.30. The summed E-state index contributed by atoms with van der Waals surface area (Å²) in [7, 11) is 1.59. The summed E-state index contributed by atoms with van der Waals surface area (Å²) < 4.78 is 8.38. The fraction of sp³-hybridized carbons (Fsp3) is 0.545. The number of ether oxygens (including phenoxy) is 1. The molecule has 3 rings (SSSR count). The first-order chi connectivity index (χ1) is 9.11. The molecule has 0 aromatic carbocycles. The van der Waals surface area contributed by atoms with Gasteiger partial charge in [0.05, 0.1) is 25.4 Å². The van der Waals surface area contributed by atoms with Crippen molar-refractivity contribution >= 4 is 11.2 Å². The number of nitrogens with zero attached hydrogens (tertiary/aromatic N) is 4. The molecule has 2 aromatic rings. The maximum Gasteiger partial charge on any atom is 0.281 e. The van der Waals surface area contributed by atoms with Crippen LogP contribution in [0.4, 0.5) is 0 Å². The Kier molecular flexibility index (Phi) is 2.85. The number of hydrogen-bond acceptors (Lipinski definition) is 6. The topological polar surface area (TPSA) is 102 Å². The Morgan fingerprint density at radius 1 is 1.47 bits per heavy atom. The van der Waals surface area contributed by atoms with E-state index in [0.717, 1.165) is 0 Å². The van der Waals surface area contributed by atoms with Gasteiger partial charge in [0, 0.05) is 13.5 Å². The van der Waals surface area contributed by atoms with E-state index in [2.05, 4.69) is 9.97 Å². The minimum atomic E-state index is -0.764. The van der Waals surface area contributed by atoms with Crippen LogP contribution >= 0.6 is 0 Å². The molecule has 8 nitrogen and oxygen atoms in total. The summed E-state index contributed by atoms with van der Waals surface area (Å²) in [5, 5.41) is 19.0. The van der Waals surface area contributed by atoms with Crippen molar-refractivity contribution in [3.63, 3.8) is 0 Å². The number of aliphatic hydroxyl groups is 2. The molecule has 3 atom stereocenters. The zero-order valence-electron chi connectivity index (χ0n) is 10.3. The minimum absolute atomic E-state index is 0.157. The maximum absolute atomic E-state index is 11.9. The second-order valence-electron chi connectivity index (χ2n) is 4.62. The minimum Gasteiger partial charge on any atom is -0.394 e. The molecule has 0 amide bonds. The van der Waals surface area contributed by atoms with Crippen molar-refractivity contribution in [2.24, 2.45) is 7.05 Å². The normalized spacial score (nSPS) is 27.2. The molecule has 1 saturated heterocycles. The van der Waals surface area contributed by atoms with Gasteiger partial charge in [-0.1, -0.05) is 0 Å². The number of aromatic nitrogens is 4. The van der Waals surface area contributed by atoms with Crippen molar-refractivity contribution in [2.45, 2.75) is 24.9 Å². The summed E-state index contributed by atoms with van der Waals surface area (Å²) in [6, 6.07) is 0. The molecule has 102 valence electrons. The predicted octanol–water partition coefficient (Wildman–Crippen LogP) is -1.23. The van der Waals surface area contributed by atoms with Crippen molar-refractivity contribution in [1.82, 2.24) is 19.1 Å². The van der Waals surface area contributed by atoms with Gasteiger partial charge in [0.1, 0.15) is 6.10 Å². The number of aliphatic hydroxyl groups excluding tert-OH is 2. The number of rotatable bonds is 2. The van der Waals surface area contributed by atoms with Crippen LogP contribution in [-0.2, 0) is 11.8 Å². The van der Waals surface area contributed by atoms with Gasteiger partial charge in [-0.2, -0.15) is 0 Å². The van der Waals surface area contributed by atoms with Crippen molar-refractivity contribution in [1.29, 1.82) is 0 Å². The summed E-state index contributed by atoms with van der Waals surface area (Å²) in [6.07, 6.45) is 1.30. The van der Waals surface area contributed by atoms with Gasteiger partial charge in [-0.05, 0) is 0 Å². The van der Waals surface area contributed by atoms with E-state index in [-0.39, 0.29) is 17.7 Å². The largest absolute Gasteiger partial charge is 0.394 e. The molecule has 8 heteroatoms. The second-order valence-corrected chi connectivity index (χ2v) is 4.62. The van der Waals surface area contributed by atoms with Crippen LogP contribution in [0.15, 0.2) is 17.4 Å². The quantitative estimate of drug-likeness (QED) is 0.705. The van der Waals surface area contributed by atoms with E-state index in [0.29, 0.717) is 12.1 Å². The fourth-order valence-electron chi connectivity index (χ4n) is 2.28. The van der Waals surface area contributed by atoms with Gasteiger partial charge in [0.15, 0.2) is 17.4 Å². The zero-order valence-corrected chi connectivity index (χ0v) is 10.3. The van der Waals surface area contributed by atoms with Gasteiger partial charge >= 0.3 is 0 Å². The highest BCUT2D eigenvalue weighted by molar-refractivity contribution is 5.69. The molecule has 3 heterocycles. The Bertz CT molecular complexity index is 664. The molecule has 19 heavy (non-hydrogen) atoms. The third-order valence-electron chi connectivity index (χ3n) is 3.29. The third-order valence-corrected chi connectivity index (χ3v) is 3.29. The second kappa shape index (κ2) is 4.41. The van der Waals surface area contributed by atoms with Crippen molar-refractivity contribution in [3.05, 3.63) is 23.0 Å².